The number of para-hydroxylation sites is 1. The number of methoxy groups -OCH3 is 1. The fourth-order valence-electron chi connectivity index (χ4n) is 2.81. The molecule has 5 heteroatoms. The normalized spacial score (nSPS) is 14.8. The lowest BCUT2D eigenvalue weighted by Gasteiger charge is -2.28. The van der Waals surface area contributed by atoms with Crippen molar-refractivity contribution < 1.29 is 4.74 Å². The van der Waals surface area contributed by atoms with E-state index < -0.39 is 0 Å². The Balaban J connectivity index is 1.82. The van der Waals surface area contributed by atoms with Crippen molar-refractivity contribution in [1.29, 1.82) is 0 Å². The standard InChI is InChI=1S/C16H19N3O2/c1-11-17-14-7-8-19(10-13(14)16(20)18-11)9-12-5-3-4-6-15(12)21-2/h3-6H,7-10H2,1-2H3,(H,17,18,20). The summed E-state index contributed by atoms with van der Waals surface area (Å²) in [5.74, 6) is 1.58. The zero-order valence-electron chi connectivity index (χ0n) is 12.3. The van der Waals surface area contributed by atoms with E-state index in [4.69, 9.17) is 4.74 Å². The van der Waals surface area contributed by atoms with Gasteiger partial charge >= 0.3 is 0 Å². The summed E-state index contributed by atoms with van der Waals surface area (Å²) in [5, 5.41) is 0. The molecule has 0 fully saturated rings. The first kappa shape index (κ1) is 13.8. The van der Waals surface area contributed by atoms with Crippen LogP contribution in [0.15, 0.2) is 29.1 Å². The lowest BCUT2D eigenvalue weighted by atomic mass is 10.1. The highest BCUT2D eigenvalue weighted by Crippen LogP contribution is 2.22. The van der Waals surface area contributed by atoms with Gasteiger partial charge in [-0.1, -0.05) is 18.2 Å². The Morgan fingerprint density at radius 3 is 3.00 bits per heavy atom. The summed E-state index contributed by atoms with van der Waals surface area (Å²) in [6.07, 6.45) is 0.815. The lowest BCUT2D eigenvalue weighted by molar-refractivity contribution is 0.238. The quantitative estimate of drug-likeness (QED) is 0.931. The van der Waals surface area contributed by atoms with Crippen LogP contribution in [0, 0.1) is 6.92 Å². The average molecular weight is 285 g/mol. The summed E-state index contributed by atoms with van der Waals surface area (Å²) in [5.41, 5.74) is 2.86. The molecule has 1 N–H and O–H groups in total. The smallest absolute Gasteiger partial charge is 0.255 e. The summed E-state index contributed by atoms with van der Waals surface area (Å²) in [4.78, 5) is 21.5. The number of hydrogen-bond acceptors (Lipinski definition) is 4. The molecule has 0 amide bonds. The summed E-state index contributed by atoms with van der Waals surface area (Å²) in [7, 11) is 1.68. The number of hydrogen-bond donors (Lipinski definition) is 1. The van der Waals surface area contributed by atoms with Crippen LogP contribution < -0.4 is 10.3 Å². The SMILES string of the molecule is COc1ccccc1CN1CCc2nc(C)[nH]c(=O)c2C1. The Kier molecular flexibility index (Phi) is 3.75. The van der Waals surface area contributed by atoms with Crippen LogP contribution in [0.2, 0.25) is 0 Å². The molecular formula is C16H19N3O2. The molecule has 0 saturated carbocycles. The second-order valence-electron chi connectivity index (χ2n) is 5.35. The fraction of sp³-hybridized carbons (Fsp3) is 0.375. The molecule has 2 heterocycles. The van der Waals surface area contributed by atoms with Crippen LogP contribution in [0.3, 0.4) is 0 Å². The number of aromatic nitrogens is 2. The second-order valence-corrected chi connectivity index (χ2v) is 5.35. The van der Waals surface area contributed by atoms with Gasteiger partial charge in [0.05, 0.1) is 18.4 Å². The van der Waals surface area contributed by atoms with E-state index in [-0.39, 0.29) is 5.56 Å². The van der Waals surface area contributed by atoms with Crippen LogP contribution in [0.1, 0.15) is 22.6 Å². The van der Waals surface area contributed by atoms with Gasteiger partial charge in [0, 0.05) is 31.6 Å². The lowest BCUT2D eigenvalue weighted by Crippen LogP contribution is -2.35. The van der Waals surface area contributed by atoms with Gasteiger partial charge in [-0.15, -0.1) is 0 Å². The molecule has 1 aliphatic rings. The van der Waals surface area contributed by atoms with Gasteiger partial charge in [0.25, 0.3) is 5.56 Å². The summed E-state index contributed by atoms with van der Waals surface area (Å²) in [6.45, 7) is 4.14. The molecule has 5 nitrogen and oxygen atoms in total. The number of nitrogens with one attached hydrogen (secondary N) is 1. The highest BCUT2D eigenvalue weighted by Gasteiger charge is 2.21. The fourth-order valence-corrected chi connectivity index (χ4v) is 2.81. The maximum atomic E-state index is 12.1. The minimum absolute atomic E-state index is 0.0118. The number of nitrogens with zero attached hydrogens (tertiary/aromatic N) is 2. The van der Waals surface area contributed by atoms with E-state index in [2.05, 4.69) is 20.9 Å². The van der Waals surface area contributed by atoms with Gasteiger partial charge in [-0.05, 0) is 13.0 Å². The van der Waals surface area contributed by atoms with Crippen LogP contribution in [-0.2, 0) is 19.5 Å². The van der Waals surface area contributed by atoms with Crippen LogP contribution in [0.5, 0.6) is 5.75 Å². The van der Waals surface area contributed by atoms with Crippen molar-refractivity contribution in [2.45, 2.75) is 26.4 Å². The Morgan fingerprint density at radius 1 is 1.38 bits per heavy atom. The molecule has 0 saturated heterocycles. The number of aromatic amines is 1. The number of ether oxygens (including phenoxy) is 1. The van der Waals surface area contributed by atoms with Gasteiger partial charge < -0.3 is 9.72 Å². The van der Waals surface area contributed by atoms with Crippen molar-refractivity contribution in [3.63, 3.8) is 0 Å². The Labute approximate surface area is 123 Å². The topological polar surface area (TPSA) is 58.2 Å². The molecular weight excluding hydrogens is 266 g/mol. The Hall–Kier alpha value is -2.14. The molecule has 0 aliphatic carbocycles. The number of fused-ring (bicyclic) bond motifs is 1. The van der Waals surface area contributed by atoms with Gasteiger partial charge in [-0.2, -0.15) is 0 Å². The van der Waals surface area contributed by atoms with Crippen LogP contribution in [0.4, 0.5) is 0 Å². The zero-order valence-corrected chi connectivity index (χ0v) is 12.3. The third-order valence-electron chi connectivity index (χ3n) is 3.85. The van der Waals surface area contributed by atoms with E-state index in [1.807, 2.05) is 25.1 Å². The molecule has 0 atom stereocenters. The number of rotatable bonds is 3. The van der Waals surface area contributed by atoms with Crippen molar-refractivity contribution in [3.8, 4) is 5.75 Å². The maximum absolute atomic E-state index is 12.1. The molecule has 0 unspecified atom stereocenters. The van der Waals surface area contributed by atoms with Gasteiger partial charge in [-0.3, -0.25) is 9.69 Å². The van der Waals surface area contributed by atoms with Crippen LogP contribution in [0.25, 0.3) is 0 Å². The predicted molar refractivity (Wildman–Crippen MR) is 80.4 cm³/mol. The monoisotopic (exact) mass is 285 g/mol. The van der Waals surface area contributed by atoms with Gasteiger partial charge in [0.2, 0.25) is 0 Å². The van der Waals surface area contributed by atoms with E-state index >= 15 is 0 Å². The summed E-state index contributed by atoms with van der Waals surface area (Å²) in [6, 6.07) is 8.00. The molecule has 110 valence electrons. The first-order valence-corrected chi connectivity index (χ1v) is 7.10. The molecule has 0 bridgehead atoms. The Bertz CT molecular complexity index is 709. The molecule has 0 radical (unpaired) electrons. The van der Waals surface area contributed by atoms with Gasteiger partial charge in [0.15, 0.2) is 0 Å². The average Bonchev–Trinajstić information content (AvgIpc) is 2.48. The third-order valence-corrected chi connectivity index (χ3v) is 3.85. The first-order chi connectivity index (χ1) is 10.2. The van der Waals surface area contributed by atoms with Crippen molar-refractivity contribution in [2.75, 3.05) is 13.7 Å². The predicted octanol–water partition coefficient (Wildman–Crippen LogP) is 1.65. The van der Waals surface area contributed by atoms with E-state index in [1.165, 1.54) is 0 Å². The third kappa shape index (κ3) is 2.83. The second kappa shape index (κ2) is 5.69. The number of H-pyrrole nitrogens is 1. The van der Waals surface area contributed by atoms with E-state index in [0.29, 0.717) is 12.4 Å². The van der Waals surface area contributed by atoms with E-state index in [0.717, 1.165) is 42.1 Å². The maximum Gasteiger partial charge on any atom is 0.255 e. The van der Waals surface area contributed by atoms with E-state index in [1.54, 1.807) is 7.11 Å². The summed E-state index contributed by atoms with van der Waals surface area (Å²) < 4.78 is 5.39. The molecule has 1 aliphatic heterocycles. The zero-order chi connectivity index (χ0) is 14.8. The Morgan fingerprint density at radius 2 is 2.19 bits per heavy atom. The summed E-state index contributed by atoms with van der Waals surface area (Å²) >= 11 is 0. The highest BCUT2D eigenvalue weighted by molar-refractivity contribution is 5.33. The molecule has 2 aromatic rings. The molecule has 21 heavy (non-hydrogen) atoms. The van der Waals surface area contributed by atoms with Crippen molar-refractivity contribution in [2.24, 2.45) is 0 Å². The van der Waals surface area contributed by atoms with Crippen molar-refractivity contribution in [1.82, 2.24) is 14.9 Å². The molecule has 1 aromatic heterocycles. The first-order valence-electron chi connectivity index (χ1n) is 7.10. The van der Waals surface area contributed by atoms with Crippen molar-refractivity contribution >= 4 is 0 Å². The van der Waals surface area contributed by atoms with E-state index in [9.17, 15) is 4.79 Å². The molecule has 0 spiro atoms. The van der Waals surface area contributed by atoms with Gasteiger partial charge in [-0.25, -0.2) is 4.98 Å². The largest absolute Gasteiger partial charge is 0.496 e. The minimum Gasteiger partial charge on any atom is -0.496 e. The van der Waals surface area contributed by atoms with Crippen LogP contribution >= 0.6 is 0 Å². The molecule has 1 aromatic carbocycles. The minimum atomic E-state index is -0.0118. The van der Waals surface area contributed by atoms with Crippen LogP contribution in [-0.4, -0.2) is 28.5 Å². The number of benzene rings is 1. The number of aryl methyl sites for hydroxylation is 1. The van der Waals surface area contributed by atoms with Crippen molar-refractivity contribution in [3.05, 3.63) is 57.3 Å². The highest BCUT2D eigenvalue weighted by atomic mass is 16.5. The molecule has 3 rings (SSSR count). The van der Waals surface area contributed by atoms with Gasteiger partial charge in [0.1, 0.15) is 11.6 Å².